The second kappa shape index (κ2) is 5.81. The van der Waals surface area contributed by atoms with Crippen molar-refractivity contribution in [3.63, 3.8) is 0 Å². The molecule has 1 aliphatic carbocycles. The molecule has 0 atom stereocenters. The highest BCUT2D eigenvalue weighted by atomic mass is 16.1. The lowest BCUT2D eigenvalue weighted by molar-refractivity contribution is 0.0890. The summed E-state index contributed by atoms with van der Waals surface area (Å²) in [6, 6.07) is 3.70. The summed E-state index contributed by atoms with van der Waals surface area (Å²) in [5.74, 6) is 1.05. The molecule has 1 heterocycles. The first-order valence-electron chi connectivity index (χ1n) is 7.41. The van der Waals surface area contributed by atoms with Gasteiger partial charge in [-0.05, 0) is 36.3 Å². The Bertz CT molecular complexity index is 492. The van der Waals surface area contributed by atoms with E-state index in [0.717, 1.165) is 18.1 Å². The molecule has 0 spiro atoms. The molecule has 1 aliphatic rings. The number of nitrogens with zero attached hydrogens (tertiary/aromatic N) is 1. The number of hydrogen-bond donors (Lipinski definition) is 2. The smallest absolute Gasteiger partial charge is 0.251 e. The maximum absolute atomic E-state index is 12.3. The number of aromatic nitrogens is 1. The van der Waals surface area contributed by atoms with E-state index in [0.29, 0.717) is 16.9 Å². The molecule has 20 heavy (non-hydrogen) atoms. The number of nitrogens with one attached hydrogen (secondary N) is 2. The van der Waals surface area contributed by atoms with Crippen molar-refractivity contribution in [2.24, 2.45) is 5.41 Å². The van der Waals surface area contributed by atoms with Crippen LogP contribution in [0, 0.1) is 5.41 Å². The summed E-state index contributed by atoms with van der Waals surface area (Å²) in [5, 5.41) is 6.09. The molecule has 1 fully saturated rings. The first-order chi connectivity index (χ1) is 9.43. The van der Waals surface area contributed by atoms with Gasteiger partial charge in [0.2, 0.25) is 0 Å². The van der Waals surface area contributed by atoms with Crippen LogP contribution < -0.4 is 10.6 Å². The first-order valence-corrected chi connectivity index (χ1v) is 7.41. The van der Waals surface area contributed by atoms with E-state index in [4.69, 9.17) is 0 Å². The van der Waals surface area contributed by atoms with Crippen LogP contribution in [0.2, 0.25) is 0 Å². The second-order valence-electron chi connectivity index (χ2n) is 6.42. The summed E-state index contributed by atoms with van der Waals surface area (Å²) in [5.41, 5.74) is 1.93. The minimum Gasteiger partial charge on any atom is -0.373 e. The van der Waals surface area contributed by atoms with E-state index in [1.807, 2.05) is 19.2 Å². The molecule has 4 nitrogen and oxygen atoms in total. The van der Waals surface area contributed by atoms with E-state index >= 15 is 0 Å². The average molecular weight is 275 g/mol. The van der Waals surface area contributed by atoms with Crippen molar-refractivity contribution in [1.82, 2.24) is 10.3 Å². The molecule has 1 saturated carbocycles. The van der Waals surface area contributed by atoms with Crippen LogP contribution in [-0.2, 0) is 0 Å². The largest absolute Gasteiger partial charge is 0.373 e. The molecule has 0 saturated heterocycles. The minimum atomic E-state index is -0.000995. The van der Waals surface area contributed by atoms with Gasteiger partial charge in [-0.1, -0.05) is 27.2 Å². The Morgan fingerprint density at radius 1 is 1.40 bits per heavy atom. The van der Waals surface area contributed by atoms with Gasteiger partial charge in [0.15, 0.2) is 0 Å². The van der Waals surface area contributed by atoms with Crippen LogP contribution in [-0.4, -0.2) is 24.5 Å². The third-order valence-electron chi connectivity index (χ3n) is 4.19. The van der Waals surface area contributed by atoms with Crippen LogP contribution in [0.15, 0.2) is 12.1 Å². The lowest BCUT2D eigenvalue weighted by Crippen LogP contribution is -2.40. The maximum Gasteiger partial charge on any atom is 0.251 e. The fourth-order valence-corrected chi connectivity index (χ4v) is 2.46. The summed E-state index contributed by atoms with van der Waals surface area (Å²) in [4.78, 5) is 16.8. The van der Waals surface area contributed by atoms with Crippen LogP contribution in [0.25, 0.3) is 0 Å². The quantitative estimate of drug-likeness (QED) is 0.868. The van der Waals surface area contributed by atoms with Gasteiger partial charge in [-0.25, -0.2) is 4.98 Å². The van der Waals surface area contributed by atoms with Crippen molar-refractivity contribution in [3.05, 3.63) is 23.4 Å². The molecular weight excluding hydrogens is 250 g/mol. The molecule has 0 radical (unpaired) electrons. The van der Waals surface area contributed by atoms with Crippen molar-refractivity contribution in [2.75, 3.05) is 18.9 Å². The van der Waals surface area contributed by atoms with Crippen LogP contribution in [0.5, 0.6) is 0 Å². The predicted molar refractivity (Wildman–Crippen MR) is 82.2 cm³/mol. The fourth-order valence-electron chi connectivity index (χ4n) is 2.46. The zero-order valence-electron chi connectivity index (χ0n) is 12.9. The van der Waals surface area contributed by atoms with Gasteiger partial charge in [0, 0.05) is 24.8 Å². The third kappa shape index (κ3) is 3.30. The minimum absolute atomic E-state index is 0.000995. The highest BCUT2D eigenvalue weighted by Crippen LogP contribution is 2.39. The lowest BCUT2D eigenvalue weighted by atomic mass is 9.70. The Hall–Kier alpha value is -1.58. The highest BCUT2D eigenvalue weighted by molar-refractivity contribution is 5.95. The van der Waals surface area contributed by atoms with Gasteiger partial charge >= 0.3 is 0 Å². The van der Waals surface area contributed by atoms with E-state index in [1.165, 1.54) is 19.3 Å². The number of amides is 1. The molecular formula is C16H25N3O. The van der Waals surface area contributed by atoms with Crippen molar-refractivity contribution in [2.45, 2.75) is 46.0 Å². The molecule has 0 unspecified atom stereocenters. The number of anilines is 1. The number of carbonyl (C=O) groups is 1. The molecule has 0 aromatic carbocycles. The molecule has 1 aromatic rings. The molecule has 2 N–H and O–H groups in total. The Kier molecular flexibility index (Phi) is 4.31. The van der Waals surface area contributed by atoms with Crippen LogP contribution >= 0.6 is 0 Å². The molecule has 0 bridgehead atoms. The number of carbonyl (C=O) groups excluding carboxylic acids is 1. The third-order valence-corrected chi connectivity index (χ3v) is 4.19. The Labute approximate surface area is 121 Å². The molecule has 0 aliphatic heterocycles. The monoisotopic (exact) mass is 275 g/mol. The molecule has 110 valence electrons. The summed E-state index contributed by atoms with van der Waals surface area (Å²) in [6.45, 7) is 7.17. The molecule has 1 amide bonds. The van der Waals surface area contributed by atoms with E-state index in [-0.39, 0.29) is 5.91 Å². The van der Waals surface area contributed by atoms with Gasteiger partial charge in [0.25, 0.3) is 5.91 Å². The van der Waals surface area contributed by atoms with Gasteiger partial charge in [-0.2, -0.15) is 0 Å². The number of rotatable bonds is 5. The fraction of sp³-hybridized carbons (Fsp3) is 0.625. The lowest BCUT2D eigenvalue weighted by Gasteiger charge is -2.38. The number of pyridine rings is 1. The van der Waals surface area contributed by atoms with Gasteiger partial charge in [-0.3, -0.25) is 4.79 Å². The Morgan fingerprint density at radius 3 is 2.60 bits per heavy atom. The summed E-state index contributed by atoms with van der Waals surface area (Å²) in [7, 11) is 1.82. The van der Waals surface area contributed by atoms with Gasteiger partial charge < -0.3 is 10.6 Å². The van der Waals surface area contributed by atoms with Crippen molar-refractivity contribution in [1.29, 1.82) is 0 Å². The zero-order valence-corrected chi connectivity index (χ0v) is 12.9. The van der Waals surface area contributed by atoms with Gasteiger partial charge in [-0.15, -0.1) is 0 Å². The van der Waals surface area contributed by atoms with E-state index in [2.05, 4.69) is 36.4 Å². The topological polar surface area (TPSA) is 54.0 Å². The molecule has 2 rings (SSSR count). The normalized spacial score (nSPS) is 16.6. The second-order valence-corrected chi connectivity index (χ2v) is 6.42. The SMILES string of the molecule is CNc1cc(C(=O)NCC2(C)CCC2)cc(C(C)C)n1. The summed E-state index contributed by atoms with van der Waals surface area (Å²) >= 11 is 0. The predicted octanol–water partition coefficient (Wildman–Crippen LogP) is 3.17. The first kappa shape index (κ1) is 14.8. The summed E-state index contributed by atoms with van der Waals surface area (Å²) < 4.78 is 0. The van der Waals surface area contributed by atoms with Crippen LogP contribution in [0.1, 0.15) is 62.0 Å². The Balaban J connectivity index is 2.10. The highest BCUT2D eigenvalue weighted by Gasteiger charge is 2.32. The maximum atomic E-state index is 12.3. The van der Waals surface area contributed by atoms with E-state index in [1.54, 1.807) is 0 Å². The van der Waals surface area contributed by atoms with E-state index < -0.39 is 0 Å². The van der Waals surface area contributed by atoms with Crippen molar-refractivity contribution in [3.8, 4) is 0 Å². The average Bonchev–Trinajstić information content (AvgIpc) is 2.41. The summed E-state index contributed by atoms with van der Waals surface area (Å²) in [6.07, 6.45) is 3.70. The van der Waals surface area contributed by atoms with Crippen molar-refractivity contribution >= 4 is 11.7 Å². The molecule has 4 heteroatoms. The molecule has 1 aromatic heterocycles. The van der Waals surface area contributed by atoms with Gasteiger partial charge in [0.05, 0.1) is 0 Å². The zero-order chi connectivity index (χ0) is 14.8. The van der Waals surface area contributed by atoms with Crippen molar-refractivity contribution < 1.29 is 4.79 Å². The van der Waals surface area contributed by atoms with Crippen LogP contribution in [0.4, 0.5) is 5.82 Å². The van der Waals surface area contributed by atoms with Gasteiger partial charge in [0.1, 0.15) is 5.82 Å². The Morgan fingerprint density at radius 2 is 2.10 bits per heavy atom. The standard InChI is InChI=1S/C16H25N3O/c1-11(2)13-8-12(9-14(17-4)19-13)15(20)18-10-16(3)6-5-7-16/h8-9,11H,5-7,10H2,1-4H3,(H,17,19)(H,18,20). The van der Waals surface area contributed by atoms with Crippen LogP contribution in [0.3, 0.4) is 0 Å². The number of hydrogen-bond acceptors (Lipinski definition) is 3. The van der Waals surface area contributed by atoms with E-state index in [9.17, 15) is 4.79 Å².